The van der Waals surface area contributed by atoms with Crippen molar-refractivity contribution in [3.8, 4) is 17.2 Å². The van der Waals surface area contributed by atoms with E-state index < -0.39 is 0 Å². The average Bonchev–Trinajstić information content (AvgIpc) is 3.73. The molecule has 0 bridgehead atoms. The fourth-order valence-electron chi connectivity index (χ4n) is 6.78. The van der Waals surface area contributed by atoms with Crippen LogP contribution in [0.2, 0.25) is 0 Å². The molecule has 4 aromatic heterocycles. The molecule has 200 valence electrons. The predicted molar refractivity (Wildman–Crippen MR) is 179 cm³/mol. The molecule has 0 aliphatic rings. The highest BCUT2D eigenvalue weighted by Gasteiger charge is 2.23. The summed E-state index contributed by atoms with van der Waals surface area (Å²) in [6.45, 7) is 0. The van der Waals surface area contributed by atoms with Gasteiger partial charge in [0.25, 0.3) is 0 Å². The number of thiophene rings is 1. The molecule has 0 spiro atoms. The van der Waals surface area contributed by atoms with Gasteiger partial charge in [0.15, 0.2) is 0 Å². The Morgan fingerprint density at radius 1 is 0.512 bits per heavy atom. The Labute approximate surface area is 249 Å². The third-order valence-corrected chi connectivity index (χ3v) is 9.82. The van der Waals surface area contributed by atoms with Gasteiger partial charge in [-0.25, -0.2) is 9.97 Å². The second-order valence-electron chi connectivity index (χ2n) is 11.0. The number of para-hydroxylation sites is 2. The van der Waals surface area contributed by atoms with Crippen LogP contribution in [0.1, 0.15) is 0 Å². The summed E-state index contributed by atoms with van der Waals surface area (Å²) in [5.41, 5.74) is 6.83. The lowest BCUT2D eigenvalue weighted by Crippen LogP contribution is -2.03. The molecule has 0 fully saturated rings. The van der Waals surface area contributed by atoms with Gasteiger partial charge in [0.1, 0.15) is 11.2 Å². The molecular weight excluding hydrogens is 547 g/mol. The zero-order chi connectivity index (χ0) is 28.1. The fourth-order valence-corrected chi connectivity index (χ4v) is 8.03. The lowest BCUT2D eigenvalue weighted by Gasteiger charge is -2.11. The summed E-state index contributed by atoms with van der Waals surface area (Å²) >= 11 is 1.85. The molecule has 4 nitrogen and oxygen atoms in total. The Balaban J connectivity index is 1.43. The standard InChI is InChI=1S/C38H21N3OS/c1-2-10-22(11-3-1)36-25-13-4-7-15-27(25)39-38(40-36)41-28-20-21-31-33(26-14-5-8-16-30(26)42-31)34(28)35-29(41)19-18-24-23-12-6-9-17-32(23)43-37(24)35/h1-21H. The number of fused-ring (bicyclic) bond motifs is 12. The van der Waals surface area contributed by atoms with Crippen molar-refractivity contribution in [2.75, 3.05) is 0 Å². The highest BCUT2D eigenvalue weighted by molar-refractivity contribution is 7.26. The lowest BCUT2D eigenvalue weighted by atomic mass is 10.0. The molecule has 0 unspecified atom stereocenters. The molecule has 0 saturated heterocycles. The molecule has 0 aliphatic heterocycles. The van der Waals surface area contributed by atoms with Gasteiger partial charge in [-0.05, 0) is 36.4 Å². The van der Waals surface area contributed by atoms with E-state index in [-0.39, 0.29) is 0 Å². The first kappa shape index (κ1) is 23.1. The van der Waals surface area contributed by atoms with Crippen LogP contribution in [0.4, 0.5) is 0 Å². The Morgan fingerprint density at radius 2 is 1.23 bits per heavy atom. The van der Waals surface area contributed by atoms with Gasteiger partial charge >= 0.3 is 0 Å². The summed E-state index contributed by atoms with van der Waals surface area (Å²) in [5.74, 6) is 0.658. The van der Waals surface area contributed by atoms with Crippen LogP contribution >= 0.6 is 11.3 Å². The number of hydrogen-bond acceptors (Lipinski definition) is 4. The van der Waals surface area contributed by atoms with E-state index in [1.54, 1.807) is 0 Å². The third-order valence-electron chi connectivity index (χ3n) is 8.62. The minimum absolute atomic E-state index is 0.658. The van der Waals surface area contributed by atoms with Gasteiger partial charge in [-0.3, -0.25) is 4.57 Å². The van der Waals surface area contributed by atoms with Gasteiger partial charge in [0, 0.05) is 52.7 Å². The highest BCUT2D eigenvalue weighted by Crippen LogP contribution is 2.47. The summed E-state index contributed by atoms with van der Waals surface area (Å²) < 4.78 is 11.2. The highest BCUT2D eigenvalue weighted by atomic mass is 32.1. The molecule has 6 aromatic carbocycles. The van der Waals surface area contributed by atoms with Crippen molar-refractivity contribution in [3.05, 3.63) is 127 Å². The van der Waals surface area contributed by atoms with Crippen LogP contribution in [0.3, 0.4) is 0 Å². The molecule has 43 heavy (non-hydrogen) atoms. The van der Waals surface area contributed by atoms with E-state index in [2.05, 4.69) is 108 Å². The molecule has 0 saturated carbocycles. The number of benzene rings is 6. The fraction of sp³-hybridized carbons (Fsp3) is 0. The van der Waals surface area contributed by atoms with Gasteiger partial charge in [-0.1, -0.05) is 91.0 Å². The summed E-state index contributed by atoms with van der Waals surface area (Å²) in [4.78, 5) is 10.5. The van der Waals surface area contributed by atoms with Crippen LogP contribution in [0, 0.1) is 0 Å². The van der Waals surface area contributed by atoms with E-state index in [9.17, 15) is 0 Å². The van der Waals surface area contributed by atoms with Gasteiger partial charge in [-0.2, -0.15) is 0 Å². The molecule has 0 aliphatic carbocycles. The minimum atomic E-state index is 0.658. The first-order valence-electron chi connectivity index (χ1n) is 14.3. The summed E-state index contributed by atoms with van der Waals surface area (Å²) in [6, 6.07) is 44.4. The molecule has 5 heteroatoms. The molecular formula is C38H21N3OS. The zero-order valence-corrected chi connectivity index (χ0v) is 23.6. The van der Waals surface area contributed by atoms with E-state index in [1.807, 2.05) is 35.6 Å². The number of furan rings is 1. The van der Waals surface area contributed by atoms with E-state index >= 15 is 0 Å². The Bertz CT molecular complexity index is 2730. The van der Waals surface area contributed by atoms with E-state index in [0.717, 1.165) is 55.1 Å². The smallest absolute Gasteiger partial charge is 0.235 e. The Hall–Kier alpha value is -5.52. The molecule has 4 heterocycles. The predicted octanol–water partition coefficient (Wildman–Crippen LogP) is 10.7. The minimum Gasteiger partial charge on any atom is -0.456 e. The van der Waals surface area contributed by atoms with Crippen LogP contribution in [0.15, 0.2) is 132 Å². The third kappa shape index (κ3) is 3.14. The maximum atomic E-state index is 6.39. The van der Waals surface area contributed by atoms with Gasteiger partial charge in [-0.15, -0.1) is 11.3 Å². The maximum absolute atomic E-state index is 6.39. The van der Waals surface area contributed by atoms with Gasteiger partial charge < -0.3 is 4.42 Å². The second kappa shape index (κ2) is 8.51. The molecule has 0 atom stereocenters. The summed E-state index contributed by atoms with van der Waals surface area (Å²) in [6.07, 6.45) is 0. The summed E-state index contributed by atoms with van der Waals surface area (Å²) in [7, 11) is 0. The number of rotatable bonds is 2. The first-order valence-corrected chi connectivity index (χ1v) is 15.2. The van der Waals surface area contributed by atoms with Crippen molar-refractivity contribution in [1.29, 1.82) is 0 Å². The van der Waals surface area contributed by atoms with Gasteiger partial charge in [0.2, 0.25) is 5.95 Å². The van der Waals surface area contributed by atoms with E-state index in [1.165, 1.54) is 30.9 Å². The lowest BCUT2D eigenvalue weighted by molar-refractivity contribution is 0.669. The van der Waals surface area contributed by atoms with Crippen LogP contribution in [-0.4, -0.2) is 14.5 Å². The van der Waals surface area contributed by atoms with Crippen molar-refractivity contribution in [2.45, 2.75) is 0 Å². The number of nitrogens with zero attached hydrogens (tertiary/aromatic N) is 3. The van der Waals surface area contributed by atoms with Crippen LogP contribution in [0.5, 0.6) is 0 Å². The number of hydrogen-bond donors (Lipinski definition) is 0. The normalized spacial score (nSPS) is 12.2. The maximum Gasteiger partial charge on any atom is 0.235 e. The van der Waals surface area contributed by atoms with Crippen molar-refractivity contribution in [3.63, 3.8) is 0 Å². The van der Waals surface area contributed by atoms with Crippen LogP contribution in [-0.2, 0) is 0 Å². The molecule has 10 aromatic rings. The molecule has 0 N–H and O–H groups in total. The van der Waals surface area contributed by atoms with E-state index in [0.29, 0.717) is 5.95 Å². The van der Waals surface area contributed by atoms with Crippen molar-refractivity contribution >= 4 is 86.2 Å². The summed E-state index contributed by atoms with van der Waals surface area (Å²) in [5, 5.41) is 8.21. The van der Waals surface area contributed by atoms with Crippen LogP contribution in [0.25, 0.3) is 92.0 Å². The molecule has 0 amide bonds. The Kier molecular flexibility index (Phi) is 4.57. The van der Waals surface area contributed by atoms with Crippen molar-refractivity contribution < 1.29 is 4.42 Å². The second-order valence-corrected chi connectivity index (χ2v) is 12.0. The van der Waals surface area contributed by atoms with E-state index in [4.69, 9.17) is 14.4 Å². The average molecular weight is 568 g/mol. The van der Waals surface area contributed by atoms with Crippen molar-refractivity contribution in [2.24, 2.45) is 0 Å². The van der Waals surface area contributed by atoms with Crippen LogP contribution < -0.4 is 0 Å². The monoisotopic (exact) mass is 567 g/mol. The topological polar surface area (TPSA) is 43.9 Å². The largest absolute Gasteiger partial charge is 0.456 e. The Morgan fingerprint density at radius 3 is 2.14 bits per heavy atom. The van der Waals surface area contributed by atoms with Crippen molar-refractivity contribution in [1.82, 2.24) is 14.5 Å². The molecule has 10 rings (SSSR count). The van der Waals surface area contributed by atoms with Gasteiger partial charge in [0.05, 0.1) is 22.2 Å². The first-order chi connectivity index (χ1) is 21.3. The number of aromatic nitrogens is 3. The zero-order valence-electron chi connectivity index (χ0n) is 22.8. The quantitative estimate of drug-likeness (QED) is 0.209. The SMILES string of the molecule is c1ccc(-c2nc(-n3c4ccc5c6ccccc6sc5c4c4c5c(ccc43)oc3ccccc35)nc3ccccc23)cc1. The molecule has 0 radical (unpaired) electrons.